The fraction of sp³-hybridized carbons (Fsp3) is 0.815. The number of hydrogen-bond donors (Lipinski definition) is 2. The fourth-order valence-electron chi connectivity index (χ4n) is 7.82. The minimum absolute atomic E-state index is 0.0124. The number of carbonyl (C=O) groups is 2. The van der Waals surface area contributed by atoms with Crippen molar-refractivity contribution in [3.05, 3.63) is 17.5 Å². The Labute approximate surface area is 203 Å². The first-order chi connectivity index (χ1) is 16.4. The molecule has 2 aliphatic carbocycles. The highest BCUT2D eigenvalue weighted by atomic mass is 16.4. The summed E-state index contributed by atoms with van der Waals surface area (Å²) in [6.45, 7) is 3.02. The maximum absolute atomic E-state index is 12.8. The second-order valence-corrected chi connectivity index (χ2v) is 11.9. The van der Waals surface area contributed by atoms with Gasteiger partial charge in [-0.05, 0) is 49.5 Å². The number of carboxylic acids is 1. The predicted molar refractivity (Wildman–Crippen MR) is 127 cm³/mol. The average molecular weight is 471 g/mol. The molecule has 7 nitrogen and oxygen atoms in total. The van der Waals surface area contributed by atoms with Crippen LogP contribution in [0.25, 0.3) is 0 Å². The molecule has 3 aliphatic heterocycles. The van der Waals surface area contributed by atoms with Crippen molar-refractivity contribution in [1.29, 1.82) is 0 Å². The van der Waals surface area contributed by atoms with Crippen molar-refractivity contribution in [2.75, 3.05) is 19.6 Å². The van der Waals surface area contributed by atoms with Gasteiger partial charge in [-0.25, -0.2) is 0 Å². The number of aryl methyl sites for hydroxylation is 1. The maximum Gasteiger partial charge on any atom is 0.220 e. The number of aromatic nitrogens is 2. The molecule has 0 radical (unpaired) electrons. The SMILES string of the molecule is Cn1nc(C2CCCCC2)cc1[C@H]1C[NH+]2CC[C@H]1C[C@@H]2CNC(=O)CC1(CC(=O)[O-])CCCC1. The Hall–Kier alpha value is -1.89. The van der Waals surface area contributed by atoms with Crippen LogP contribution in [0.2, 0.25) is 0 Å². The molecule has 6 rings (SSSR count). The number of aliphatic carboxylic acids is 1. The van der Waals surface area contributed by atoms with E-state index in [1.54, 1.807) is 4.90 Å². The molecule has 188 valence electrons. The molecule has 1 amide bonds. The Morgan fingerprint density at radius 3 is 2.59 bits per heavy atom. The van der Waals surface area contributed by atoms with E-state index in [0.29, 0.717) is 36.8 Å². The third-order valence-electron chi connectivity index (χ3n) is 9.65. The third-order valence-corrected chi connectivity index (χ3v) is 9.65. The van der Waals surface area contributed by atoms with E-state index in [1.807, 2.05) is 0 Å². The topological polar surface area (TPSA) is 91.5 Å². The monoisotopic (exact) mass is 470 g/mol. The lowest BCUT2D eigenvalue weighted by molar-refractivity contribution is -0.942. The van der Waals surface area contributed by atoms with Gasteiger partial charge in [0, 0.05) is 43.9 Å². The summed E-state index contributed by atoms with van der Waals surface area (Å²) in [5, 5.41) is 19.4. The van der Waals surface area contributed by atoms with Gasteiger partial charge >= 0.3 is 0 Å². The lowest BCUT2D eigenvalue weighted by atomic mass is 9.74. The number of fused-ring (bicyclic) bond motifs is 3. The van der Waals surface area contributed by atoms with Crippen LogP contribution in [0.3, 0.4) is 0 Å². The number of amides is 1. The van der Waals surface area contributed by atoms with E-state index in [4.69, 9.17) is 5.10 Å². The molecule has 4 heterocycles. The lowest BCUT2D eigenvalue weighted by Gasteiger charge is -2.47. The largest absolute Gasteiger partial charge is 0.550 e. The highest BCUT2D eigenvalue weighted by molar-refractivity contribution is 5.78. The molecule has 34 heavy (non-hydrogen) atoms. The average Bonchev–Trinajstić information content (AvgIpc) is 3.44. The smallest absolute Gasteiger partial charge is 0.220 e. The fourth-order valence-corrected chi connectivity index (χ4v) is 7.82. The van der Waals surface area contributed by atoms with E-state index >= 15 is 0 Å². The summed E-state index contributed by atoms with van der Waals surface area (Å²) in [6.07, 6.45) is 13.0. The third kappa shape index (κ3) is 5.05. The van der Waals surface area contributed by atoms with E-state index in [9.17, 15) is 14.7 Å². The second-order valence-electron chi connectivity index (χ2n) is 11.9. The van der Waals surface area contributed by atoms with E-state index in [0.717, 1.165) is 38.6 Å². The van der Waals surface area contributed by atoms with Crippen molar-refractivity contribution in [1.82, 2.24) is 15.1 Å². The van der Waals surface area contributed by atoms with Crippen LogP contribution < -0.4 is 15.3 Å². The maximum atomic E-state index is 12.8. The van der Waals surface area contributed by atoms with E-state index in [-0.39, 0.29) is 17.7 Å². The zero-order valence-corrected chi connectivity index (χ0v) is 20.8. The van der Waals surface area contributed by atoms with Crippen LogP contribution in [-0.4, -0.2) is 47.3 Å². The minimum Gasteiger partial charge on any atom is -0.550 e. The predicted octanol–water partition coefficient (Wildman–Crippen LogP) is 1.44. The van der Waals surface area contributed by atoms with Gasteiger partial charge in [-0.1, -0.05) is 32.1 Å². The van der Waals surface area contributed by atoms with Crippen LogP contribution in [0.15, 0.2) is 6.07 Å². The molecule has 5 aliphatic rings. The number of nitrogens with one attached hydrogen (secondary N) is 2. The molecule has 7 heteroatoms. The Morgan fingerprint density at radius 1 is 1.15 bits per heavy atom. The molecule has 1 unspecified atom stereocenters. The first-order valence-corrected chi connectivity index (χ1v) is 13.8. The van der Waals surface area contributed by atoms with E-state index in [1.165, 1.54) is 56.5 Å². The van der Waals surface area contributed by atoms with Gasteiger partial charge in [0.15, 0.2) is 0 Å². The van der Waals surface area contributed by atoms with Crippen LogP contribution in [0.4, 0.5) is 0 Å². The summed E-state index contributed by atoms with van der Waals surface area (Å²) in [5.41, 5.74) is 2.34. The highest BCUT2D eigenvalue weighted by Crippen LogP contribution is 2.44. The van der Waals surface area contributed by atoms with Crippen molar-refractivity contribution < 1.29 is 19.6 Å². The molecule has 4 atom stereocenters. The summed E-state index contributed by atoms with van der Waals surface area (Å²) >= 11 is 0. The number of piperidine rings is 3. The van der Waals surface area contributed by atoms with Gasteiger partial charge in [0.1, 0.15) is 6.04 Å². The molecule has 1 aromatic heterocycles. The highest BCUT2D eigenvalue weighted by Gasteiger charge is 2.45. The van der Waals surface area contributed by atoms with Crippen molar-refractivity contribution in [3.63, 3.8) is 0 Å². The molecule has 2 bridgehead atoms. The van der Waals surface area contributed by atoms with Gasteiger partial charge in [-0.15, -0.1) is 0 Å². The van der Waals surface area contributed by atoms with Crippen molar-refractivity contribution in [3.8, 4) is 0 Å². The quantitative estimate of drug-likeness (QED) is 0.601. The Bertz CT molecular complexity index is 884. The molecule has 3 saturated heterocycles. The Morgan fingerprint density at radius 2 is 1.91 bits per heavy atom. The zero-order chi connectivity index (χ0) is 23.7. The van der Waals surface area contributed by atoms with Gasteiger partial charge in [-0.2, -0.15) is 5.10 Å². The lowest BCUT2D eigenvalue weighted by Crippen LogP contribution is -3.20. The molecule has 2 N–H and O–H groups in total. The molecule has 0 spiro atoms. The van der Waals surface area contributed by atoms with Gasteiger partial charge < -0.3 is 20.1 Å². The summed E-state index contributed by atoms with van der Waals surface area (Å²) in [6, 6.07) is 2.88. The molecule has 5 fully saturated rings. The van der Waals surface area contributed by atoms with Gasteiger partial charge in [0.2, 0.25) is 5.91 Å². The van der Waals surface area contributed by atoms with Crippen LogP contribution in [-0.2, 0) is 16.6 Å². The first-order valence-electron chi connectivity index (χ1n) is 13.8. The van der Waals surface area contributed by atoms with E-state index in [2.05, 4.69) is 23.1 Å². The van der Waals surface area contributed by atoms with Gasteiger partial charge in [0.25, 0.3) is 0 Å². The van der Waals surface area contributed by atoms with Crippen LogP contribution in [0, 0.1) is 11.3 Å². The van der Waals surface area contributed by atoms with Crippen molar-refractivity contribution >= 4 is 11.9 Å². The molecule has 1 aromatic rings. The summed E-state index contributed by atoms with van der Waals surface area (Å²) in [4.78, 5) is 25.6. The Balaban J connectivity index is 1.16. The van der Waals surface area contributed by atoms with Gasteiger partial charge in [0.05, 0.1) is 31.2 Å². The Kier molecular flexibility index (Phi) is 7.01. The summed E-state index contributed by atoms with van der Waals surface area (Å²) in [5.74, 6) is 0.863. The normalized spacial score (nSPS) is 31.0. The second kappa shape index (κ2) is 10.00. The number of carboxylic acid groups (broad SMARTS) is 1. The number of hydrogen-bond acceptors (Lipinski definition) is 4. The molecule has 2 saturated carbocycles. The van der Waals surface area contributed by atoms with Gasteiger partial charge in [-0.3, -0.25) is 9.48 Å². The molecular weight excluding hydrogens is 428 g/mol. The summed E-state index contributed by atoms with van der Waals surface area (Å²) < 4.78 is 2.16. The zero-order valence-electron chi connectivity index (χ0n) is 20.8. The molecule has 0 aromatic carbocycles. The van der Waals surface area contributed by atoms with Crippen LogP contribution in [0.5, 0.6) is 0 Å². The van der Waals surface area contributed by atoms with Crippen molar-refractivity contribution in [2.45, 2.75) is 101 Å². The standard InChI is InChI=1S/C27H42N4O3/c1-30-24(14-23(29-30)19-7-3-2-4-8-19)22-18-31-12-9-20(22)13-21(31)17-28-25(32)15-27(16-26(33)34)10-5-6-11-27/h14,19-22H,2-13,15-18H2,1H3,(H,28,32)(H,33,34)/t20-,21+,22-/m0/s1. The van der Waals surface area contributed by atoms with Crippen LogP contribution >= 0.6 is 0 Å². The summed E-state index contributed by atoms with van der Waals surface area (Å²) in [7, 11) is 2.12. The van der Waals surface area contributed by atoms with Crippen molar-refractivity contribution in [2.24, 2.45) is 18.4 Å². The first kappa shape index (κ1) is 23.8. The number of rotatable bonds is 8. The van der Waals surface area contributed by atoms with Crippen LogP contribution in [0.1, 0.15) is 107 Å². The molecular formula is C27H42N4O3. The number of quaternary nitrogens is 1. The van der Waals surface area contributed by atoms with E-state index < -0.39 is 5.97 Å². The number of carbonyl (C=O) groups excluding carboxylic acids is 2. The number of nitrogens with zero attached hydrogens (tertiary/aromatic N) is 2. The minimum atomic E-state index is -1.03.